The number of hydrogen-bond donors (Lipinski definition) is 1. The van der Waals surface area contributed by atoms with Crippen molar-refractivity contribution < 1.29 is 13.2 Å². The molecule has 0 aromatic carbocycles. The predicted molar refractivity (Wildman–Crippen MR) is 72.1 cm³/mol. The van der Waals surface area contributed by atoms with Crippen molar-refractivity contribution in [1.29, 1.82) is 0 Å². The minimum atomic E-state index is -3.67. The number of carbonyl (C=O) groups is 1. The van der Waals surface area contributed by atoms with Crippen molar-refractivity contribution in [1.82, 2.24) is 14.3 Å². The number of carbonyl (C=O) groups excluding carboxylic acids is 1. The first-order valence-corrected chi connectivity index (χ1v) is 7.76. The molecule has 3 heterocycles. The summed E-state index contributed by atoms with van der Waals surface area (Å²) in [6.07, 6.45) is 3.50. The molecule has 0 radical (unpaired) electrons. The van der Waals surface area contributed by atoms with Gasteiger partial charge in [-0.1, -0.05) is 6.07 Å². The number of nitrogens with two attached hydrogens (primary N) is 1. The number of primary sulfonamides is 1. The number of nitrogens with zero attached hydrogens (tertiary/aromatic N) is 3. The predicted octanol–water partition coefficient (Wildman–Crippen LogP) is -0.276. The van der Waals surface area contributed by atoms with E-state index in [1.54, 1.807) is 6.20 Å². The first-order valence-electron chi connectivity index (χ1n) is 6.15. The number of pyridine rings is 1. The Morgan fingerprint density at radius 3 is 2.90 bits per heavy atom. The Kier molecular flexibility index (Phi) is 2.98. The average molecular weight is 294 g/mol. The molecular formula is C12H14N4O3S. The Balaban J connectivity index is 1.83. The van der Waals surface area contributed by atoms with E-state index in [0.717, 1.165) is 11.3 Å². The van der Waals surface area contributed by atoms with Gasteiger partial charge < -0.3 is 9.30 Å². The molecule has 2 aromatic heterocycles. The van der Waals surface area contributed by atoms with Crippen LogP contribution in [0.15, 0.2) is 30.6 Å². The molecule has 8 heteroatoms. The van der Waals surface area contributed by atoms with Crippen molar-refractivity contribution in [2.75, 3.05) is 6.54 Å². The van der Waals surface area contributed by atoms with Crippen LogP contribution in [-0.4, -0.2) is 40.4 Å². The van der Waals surface area contributed by atoms with Crippen LogP contribution in [0.5, 0.6) is 0 Å². The quantitative estimate of drug-likeness (QED) is 0.842. The van der Waals surface area contributed by atoms with Crippen molar-refractivity contribution in [2.24, 2.45) is 5.14 Å². The highest BCUT2D eigenvalue weighted by Gasteiger charge is 2.36. The molecule has 106 valence electrons. The van der Waals surface area contributed by atoms with E-state index in [-0.39, 0.29) is 18.9 Å². The van der Waals surface area contributed by atoms with Crippen LogP contribution in [0, 0.1) is 0 Å². The fraction of sp³-hybridized carbons (Fsp3) is 0.333. The van der Waals surface area contributed by atoms with Crippen molar-refractivity contribution >= 4 is 21.6 Å². The van der Waals surface area contributed by atoms with Crippen LogP contribution in [0.2, 0.25) is 0 Å². The summed E-state index contributed by atoms with van der Waals surface area (Å²) in [6, 6.07) is 5.61. The SMILES string of the molecule is NS(=O)(=O)C1CC(=O)N(Cc2cnc3ccccn23)C1. The zero-order valence-corrected chi connectivity index (χ0v) is 11.5. The molecule has 2 aromatic rings. The van der Waals surface area contributed by atoms with Gasteiger partial charge in [-0.3, -0.25) is 4.79 Å². The summed E-state index contributed by atoms with van der Waals surface area (Å²) < 4.78 is 24.5. The number of fused-ring (bicyclic) bond motifs is 1. The van der Waals surface area contributed by atoms with Gasteiger partial charge in [-0.25, -0.2) is 18.5 Å². The molecule has 1 amide bonds. The van der Waals surface area contributed by atoms with Crippen LogP contribution >= 0.6 is 0 Å². The molecule has 20 heavy (non-hydrogen) atoms. The van der Waals surface area contributed by atoms with Crippen LogP contribution in [0.25, 0.3) is 5.65 Å². The molecule has 0 saturated carbocycles. The Morgan fingerprint density at radius 1 is 1.40 bits per heavy atom. The summed E-state index contributed by atoms with van der Waals surface area (Å²) in [6.45, 7) is 0.466. The third-order valence-electron chi connectivity index (χ3n) is 3.49. The molecule has 0 bridgehead atoms. The molecule has 0 aliphatic carbocycles. The second-order valence-electron chi connectivity index (χ2n) is 4.87. The summed E-state index contributed by atoms with van der Waals surface area (Å²) in [5.74, 6) is -0.199. The molecule has 3 rings (SSSR count). The lowest BCUT2D eigenvalue weighted by atomic mass is 10.4. The zero-order valence-electron chi connectivity index (χ0n) is 10.6. The molecule has 1 unspecified atom stereocenters. The van der Waals surface area contributed by atoms with E-state index in [4.69, 9.17) is 5.14 Å². The number of rotatable bonds is 3. The van der Waals surface area contributed by atoms with Gasteiger partial charge in [0.1, 0.15) is 10.9 Å². The highest BCUT2D eigenvalue weighted by Crippen LogP contribution is 2.19. The smallest absolute Gasteiger partial charge is 0.224 e. The number of hydrogen-bond acceptors (Lipinski definition) is 4. The van der Waals surface area contributed by atoms with Gasteiger partial charge in [0.25, 0.3) is 0 Å². The molecular weight excluding hydrogens is 280 g/mol. The van der Waals surface area contributed by atoms with Crippen LogP contribution < -0.4 is 5.14 Å². The number of aromatic nitrogens is 2. The maximum absolute atomic E-state index is 11.9. The fourth-order valence-corrected chi connectivity index (χ4v) is 3.17. The number of imidazole rings is 1. The maximum Gasteiger partial charge on any atom is 0.224 e. The van der Waals surface area contributed by atoms with Crippen molar-refractivity contribution in [2.45, 2.75) is 18.2 Å². The number of likely N-dealkylation sites (tertiary alicyclic amines) is 1. The lowest BCUT2D eigenvalue weighted by Crippen LogP contribution is -2.32. The lowest BCUT2D eigenvalue weighted by molar-refractivity contribution is -0.128. The van der Waals surface area contributed by atoms with Crippen LogP contribution in [0.4, 0.5) is 0 Å². The van der Waals surface area contributed by atoms with Crippen LogP contribution in [-0.2, 0) is 21.4 Å². The van der Waals surface area contributed by atoms with Crippen molar-refractivity contribution in [3.8, 4) is 0 Å². The third kappa shape index (κ3) is 2.27. The molecule has 1 atom stereocenters. The molecule has 0 spiro atoms. The standard InChI is InChI=1S/C12H14N4O3S/c13-20(18,19)10-5-12(17)15(8-10)7-9-6-14-11-3-1-2-4-16(9)11/h1-4,6,10H,5,7-8H2,(H2,13,18,19). The van der Waals surface area contributed by atoms with Crippen LogP contribution in [0.3, 0.4) is 0 Å². The number of sulfonamides is 1. The van der Waals surface area contributed by atoms with Gasteiger partial charge in [0, 0.05) is 19.2 Å². The average Bonchev–Trinajstić information content (AvgIpc) is 2.95. The van der Waals surface area contributed by atoms with Gasteiger partial charge >= 0.3 is 0 Å². The summed E-state index contributed by atoms with van der Waals surface area (Å²) in [5.41, 5.74) is 1.63. The minimum Gasteiger partial charge on any atom is -0.335 e. The van der Waals surface area contributed by atoms with E-state index in [2.05, 4.69) is 4.98 Å². The largest absolute Gasteiger partial charge is 0.335 e. The molecule has 1 fully saturated rings. The first kappa shape index (κ1) is 13.1. The van der Waals surface area contributed by atoms with Crippen molar-refractivity contribution in [3.05, 3.63) is 36.3 Å². The lowest BCUT2D eigenvalue weighted by Gasteiger charge is -2.15. The van der Waals surface area contributed by atoms with E-state index in [1.807, 2.05) is 28.8 Å². The third-order valence-corrected chi connectivity index (χ3v) is 4.74. The zero-order chi connectivity index (χ0) is 14.3. The van der Waals surface area contributed by atoms with E-state index >= 15 is 0 Å². The monoisotopic (exact) mass is 294 g/mol. The summed E-state index contributed by atoms with van der Waals surface area (Å²) >= 11 is 0. The van der Waals surface area contributed by atoms with Crippen molar-refractivity contribution in [3.63, 3.8) is 0 Å². The summed E-state index contributed by atoms with van der Waals surface area (Å²) in [7, 11) is -3.67. The fourth-order valence-electron chi connectivity index (χ4n) is 2.41. The highest BCUT2D eigenvalue weighted by molar-refractivity contribution is 7.89. The normalized spacial score (nSPS) is 19.9. The molecule has 7 nitrogen and oxygen atoms in total. The summed E-state index contributed by atoms with van der Waals surface area (Å²) in [5, 5.41) is 4.29. The van der Waals surface area contributed by atoms with Gasteiger partial charge in [-0.15, -0.1) is 0 Å². The topological polar surface area (TPSA) is 97.8 Å². The Morgan fingerprint density at radius 2 is 2.20 bits per heavy atom. The molecule has 1 saturated heterocycles. The van der Waals surface area contributed by atoms with Gasteiger partial charge in [0.05, 0.1) is 18.4 Å². The van der Waals surface area contributed by atoms with Gasteiger partial charge in [0.2, 0.25) is 15.9 Å². The molecule has 1 aliphatic rings. The highest BCUT2D eigenvalue weighted by atomic mass is 32.2. The van der Waals surface area contributed by atoms with E-state index in [1.165, 1.54) is 4.90 Å². The van der Waals surface area contributed by atoms with E-state index in [9.17, 15) is 13.2 Å². The first-order chi connectivity index (χ1) is 9.45. The molecule has 2 N–H and O–H groups in total. The Labute approximate surface area is 116 Å². The minimum absolute atomic E-state index is 0.0461. The second kappa shape index (κ2) is 4.57. The number of amides is 1. The molecule has 1 aliphatic heterocycles. The van der Waals surface area contributed by atoms with Gasteiger partial charge in [-0.2, -0.15) is 0 Å². The van der Waals surface area contributed by atoms with E-state index in [0.29, 0.717) is 6.54 Å². The second-order valence-corrected chi connectivity index (χ2v) is 6.71. The van der Waals surface area contributed by atoms with Gasteiger partial charge in [-0.05, 0) is 12.1 Å². The van der Waals surface area contributed by atoms with Crippen LogP contribution in [0.1, 0.15) is 12.1 Å². The summed E-state index contributed by atoms with van der Waals surface area (Å²) in [4.78, 5) is 17.6. The van der Waals surface area contributed by atoms with Gasteiger partial charge in [0.15, 0.2) is 0 Å². The maximum atomic E-state index is 11.9. The Bertz CT molecular complexity index is 768. The van der Waals surface area contributed by atoms with E-state index < -0.39 is 15.3 Å². The Hall–Kier alpha value is -1.93.